The van der Waals surface area contributed by atoms with Crippen LogP contribution in [0.2, 0.25) is 0 Å². The zero-order valence-corrected chi connectivity index (χ0v) is 17.5. The normalized spacial score (nSPS) is 12.0. The van der Waals surface area contributed by atoms with Gasteiger partial charge in [-0.1, -0.05) is 52.8 Å². The molecule has 3 rings (SSSR count). The second-order valence-electron chi connectivity index (χ2n) is 6.67. The molecule has 0 aliphatic heterocycles. The smallest absolute Gasteiger partial charge is 0.273 e. The van der Waals surface area contributed by atoms with E-state index in [1.807, 2.05) is 62.5 Å². The molecule has 0 aliphatic carbocycles. The first-order valence-corrected chi connectivity index (χ1v) is 9.49. The summed E-state index contributed by atoms with van der Waals surface area (Å²) in [7, 11) is 2.95. The minimum atomic E-state index is -0.344. The van der Waals surface area contributed by atoms with Gasteiger partial charge in [-0.15, -0.1) is 0 Å². The molecule has 1 aromatic heterocycles. The highest BCUT2D eigenvalue weighted by molar-refractivity contribution is 6.45. The van der Waals surface area contributed by atoms with Gasteiger partial charge in [0.1, 0.15) is 19.4 Å². The summed E-state index contributed by atoms with van der Waals surface area (Å²) in [4.78, 5) is 27.2. The molecule has 1 N–H and O–H groups in total. The Labute approximate surface area is 175 Å². The van der Waals surface area contributed by atoms with Crippen molar-refractivity contribution in [3.05, 3.63) is 77.1 Å². The number of hydrogen-bond donors (Lipinski definition) is 1. The first-order chi connectivity index (χ1) is 14.5. The van der Waals surface area contributed by atoms with Gasteiger partial charge in [0.2, 0.25) is 0 Å². The van der Waals surface area contributed by atoms with Crippen LogP contribution in [-0.2, 0) is 21.1 Å². The second kappa shape index (κ2) is 9.65. The van der Waals surface area contributed by atoms with Gasteiger partial charge in [-0.25, -0.2) is 0 Å². The van der Waals surface area contributed by atoms with Crippen LogP contribution in [0.3, 0.4) is 0 Å². The zero-order chi connectivity index (χ0) is 21.5. The molecule has 1 heterocycles. The number of fused-ring (bicyclic) bond motifs is 1. The summed E-state index contributed by atoms with van der Waals surface area (Å²) in [6.07, 6.45) is 1.82. The van der Waals surface area contributed by atoms with E-state index in [-0.39, 0.29) is 18.2 Å². The van der Waals surface area contributed by atoms with Crippen LogP contribution < -0.4 is 5.32 Å². The predicted molar refractivity (Wildman–Crippen MR) is 118 cm³/mol. The quantitative estimate of drug-likeness (QED) is 0.482. The van der Waals surface area contributed by atoms with Crippen LogP contribution in [0.25, 0.3) is 10.8 Å². The molecule has 0 radical (unpaired) electrons. The summed E-state index contributed by atoms with van der Waals surface area (Å²) in [5, 5.41) is 12.9. The van der Waals surface area contributed by atoms with Crippen molar-refractivity contribution in [2.45, 2.75) is 20.5 Å². The summed E-state index contributed by atoms with van der Waals surface area (Å²) in [5.74, 6) is -0.344. The van der Waals surface area contributed by atoms with Crippen LogP contribution in [0, 0.1) is 6.92 Å². The molecule has 0 atom stereocenters. The highest BCUT2D eigenvalue weighted by Crippen LogP contribution is 2.18. The number of oxime groups is 2. The number of nitrogens with one attached hydrogen (secondary N) is 1. The number of carbonyl (C=O) groups is 1. The Kier molecular flexibility index (Phi) is 6.75. The molecule has 0 fully saturated rings. The van der Waals surface area contributed by atoms with Crippen LogP contribution in [0.5, 0.6) is 0 Å². The molecule has 3 aromatic rings. The van der Waals surface area contributed by atoms with Crippen molar-refractivity contribution in [1.29, 1.82) is 0 Å². The highest BCUT2D eigenvalue weighted by Gasteiger charge is 2.19. The number of aryl methyl sites for hydroxylation is 1. The molecule has 0 unspecified atom stereocenters. The third-order valence-electron chi connectivity index (χ3n) is 4.70. The number of rotatable bonds is 7. The maximum absolute atomic E-state index is 12.2. The number of carbonyl (C=O) groups excluding carboxylic acids is 1. The molecular formula is C23H24N4O3. The molecule has 30 heavy (non-hydrogen) atoms. The third kappa shape index (κ3) is 4.63. The van der Waals surface area contributed by atoms with Crippen LogP contribution in [0.1, 0.15) is 29.3 Å². The summed E-state index contributed by atoms with van der Waals surface area (Å²) >= 11 is 0. The van der Waals surface area contributed by atoms with Crippen molar-refractivity contribution in [3.63, 3.8) is 0 Å². The zero-order valence-electron chi connectivity index (χ0n) is 17.5. The molecule has 7 heteroatoms. The topological polar surface area (TPSA) is 85.2 Å². The molecule has 0 spiro atoms. The number of aromatic nitrogens is 1. The Morgan fingerprint density at radius 3 is 2.60 bits per heavy atom. The Balaban J connectivity index is 1.84. The van der Waals surface area contributed by atoms with Crippen molar-refractivity contribution < 1.29 is 14.5 Å². The maximum atomic E-state index is 12.2. The molecule has 0 saturated carbocycles. The largest absolute Gasteiger partial charge is 0.398 e. The number of hydrogen-bond acceptors (Lipinski definition) is 6. The lowest BCUT2D eigenvalue weighted by Gasteiger charge is -2.13. The fraction of sp³-hybridized carbons (Fsp3) is 0.217. The average molecular weight is 404 g/mol. The van der Waals surface area contributed by atoms with Crippen molar-refractivity contribution in [1.82, 2.24) is 10.3 Å². The summed E-state index contributed by atoms with van der Waals surface area (Å²) < 4.78 is 0. The van der Waals surface area contributed by atoms with Crippen molar-refractivity contribution >= 4 is 28.1 Å². The molecule has 7 nitrogen and oxygen atoms in total. The van der Waals surface area contributed by atoms with Gasteiger partial charge >= 0.3 is 0 Å². The average Bonchev–Trinajstić information content (AvgIpc) is 2.77. The lowest BCUT2D eigenvalue weighted by Crippen LogP contribution is -2.29. The van der Waals surface area contributed by atoms with E-state index in [2.05, 4.69) is 20.6 Å². The Morgan fingerprint density at radius 2 is 1.87 bits per heavy atom. The van der Waals surface area contributed by atoms with E-state index < -0.39 is 0 Å². The Hall–Kier alpha value is -3.74. The van der Waals surface area contributed by atoms with Crippen LogP contribution >= 0.6 is 0 Å². The van der Waals surface area contributed by atoms with E-state index >= 15 is 0 Å². The highest BCUT2D eigenvalue weighted by atomic mass is 16.6. The third-order valence-corrected chi connectivity index (χ3v) is 4.70. The first kappa shape index (κ1) is 21.0. The van der Waals surface area contributed by atoms with Gasteiger partial charge in [-0.3, -0.25) is 9.78 Å². The number of pyridine rings is 1. The van der Waals surface area contributed by atoms with Crippen LogP contribution in [0.4, 0.5) is 0 Å². The SMILES string of the molecule is CNC(=O)/C(=N/OC)c1cccc(C)c1CO/N=C(\C)c1cc2ccccc2cn1. The second-order valence-corrected chi connectivity index (χ2v) is 6.67. The minimum absolute atomic E-state index is 0.173. The molecule has 0 aliphatic rings. The number of likely N-dealkylation sites (N-methyl/N-ethyl adjacent to an activating group) is 1. The fourth-order valence-electron chi connectivity index (χ4n) is 3.06. The fourth-order valence-corrected chi connectivity index (χ4v) is 3.06. The van der Waals surface area contributed by atoms with Gasteiger partial charge in [-0.2, -0.15) is 0 Å². The summed E-state index contributed by atoms with van der Waals surface area (Å²) in [6, 6.07) is 15.6. The molecule has 154 valence electrons. The Bertz CT molecular complexity index is 1120. The van der Waals surface area contributed by atoms with E-state index in [9.17, 15) is 4.79 Å². The predicted octanol–water partition coefficient (Wildman–Crippen LogP) is 3.58. The number of benzene rings is 2. The van der Waals surface area contributed by atoms with E-state index in [1.165, 1.54) is 7.11 Å². The standard InChI is InChI=1S/C23H24N4O3/c1-15-8-7-11-19(22(27-29-4)23(28)24-3)20(15)14-30-26-16(2)21-12-17-9-5-6-10-18(17)13-25-21/h5-13H,14H2,1-4H3,(H,24,28)/b26-16+,27-22+. The van der Waals surface area contributed by atoms with Crippen molar-refractivity contribution in [3.8, 4) is 0 Å². The van der Waals surface area contributed by atoms with Gasteiger partial charge in [0.05, 0.1) is 5.69 Å². The first-order valence-electron chi connectivity index (χ1n) is 9.49. The van der Waals surface area contributed by atoms with Crippen molar-refractivity contribution in [2.24, 2.45) is 10.3 Å². The molecule has 0 bridgehead atoms. The van der Waals surface area contributed by atoms with E-state index in [0.29, 0.717) is 11.3 Å². The number of nitrogens with zero attached hydrogens (tertiary/aromatic N) is 3. The van der Waals surface area contributed by atoms with Gasteiger partial charge in [0.15, 0.2) is 5.71 Å². The van der Waals surface area contributed by atoms with Crippen LogP contribution in [-0.4, -0.2) is 36.5 Å². The lowest BCUT2D eigenvalue weighted by molar-refractivity contribution is -0.114. The summed E-state index contributed by atoms with van der Waals surface area (Å²) in [6.45, 7) is 3.96. The lowest BCUT2D eigenvalue weighted by atomic mass is 9.98. The van der Waals surface area contributed by atoms with Crippen LogP contribution in [0.15, 0.2) is 65.0 Å². The van der Waals surface area contributed by atoms with Gasteiger partial charge < -0.3 is 15.0 Å². The number of amides is 1. The molecule has 1 amide bonds. The molecular weight excluding hydrogens is 380 g/mol. The Morgan fingerprint density at radius 1 is 1.10 bits per heavy atom. The van der Waals surface area contributed by atoms with E-state index in [1.54, 1.807) is 13.1 Å². The molecule has 2 aromatic carbocycles. The maximum Gasteiger partial charge on any atom is 0.273 e. The van der Waals surface area contributed by atoms with E-state index in [4.69, 9.17) is 9.68 Å². The summed E-state index contributed by atoms with van der Waals surface area (Å²) in [5.41, 5.74) is 3.97. The monoisotopic (exact) mass is 404 g/mol. The van der Waals surface area contributed by atoms with Gasteiger partial charge in [0.25, 0.3) is 5.91 Å². The van der Waals surface area contributed by atoms with Gasteiger partial charge in [-0.05, 0) is 30.9 Å². The molecule has 0 saturated heterocycles. The van der Waals surface area contributed by atoms with Crippen molar-refractivity contribution in [2.75, 3.05) is 14.2 Å². The minimum Gasteiger partial charge on any atom is -0.398 e. The van der Waals surface area contributed by atoms with E-state index in [0.717, 1.165) is 27.6 Å². The van der Waals surface area contributed by atoms with Gasteiger partial charge in [0, 0.05) is 29.8 Å².